The van der Waals surface area contributed by atoms with Crippen LogP contribution in [-0.2, 0) is 32.2 Å². The summed E-state index contributed by atoms with van der Waals surface area (Å²) in [5, 5.41) is 0. The Balaban J connectivity index is 1.63. The first-order chi connectivity index (χ1) is 19.7. The van der Waals surface area contributed by atoms with Gasteiger partial charge in [-0.2, -0.15) is 26.3 Å². The van der Waals surface area contributed by atoms with E-state index >= 15 is 0 Å². The van der Waals surface area contributed by atoms with Crippen molar-refractivity contribution >= 4 is 11.8 Å². The molecule has 4 rings (SSSR count). The summed E-state index contributed by atoms with van der Waals surface area (Å²) >= 11 is 0. The number of carbonyl (C=O) groups is 2. The minimum Gasteiger partial charge on any atom is -0.372 e. The van der Waals surface area contributed by atoms with Gasteiger partial charge in [-0.3, -0.25) is 14.5 Å². The quantitative estimate of drug-likeness (QED) is 0.364. The number of ether oxygens (including phenoxy) is 1. The predicted octanol–water partition coefficient (Wildman–Crippen LogP) is 5.91. The van der Waals surface area contributed by atoms with Gasteiger partial charge in [0.05, 0.1) is 35.9 Å². The Kier molecular flexibility index (Phi) is 9.56. The minimum absolute atomic E-state index is 0.0403. The Morgan fingerprint density at radius 1 is 1.05 bits per heavy atom. The van der Waals surface area contributed by atoms with Crippen LogP contribution in [0.15, 0.2) is 48.5 Å². The monoisotopic (exact) mass is 599 g/mol. The van der Waals surface area contributed by atoms with Crippen molar-refractivity contribution in [3.63, 3.8) is 0 Å². The lowest BCUT2D eigenvalue weighted by molar-refractivity contribution is -0.143. The maximum absolute atomic E-state index is 13.5. The van der Waals surface area contributed by atoms with Crippen LogP contribution in [-0.4, -0.2) is 54.4 Å². The molecule has 2 saturated heterocycles. The summed E-state index contributed by atoms with van der Waals surface area (Å²) < 4.78 is 86.9. The van der Waals surface area contributed by atoms with Crippen LogP contribution in [0.25, 0.3) is 0 Å². The number of amides is 2. The number of likely N-dealkylation sites (tertiary alicyclic amines) is 2. The van der Waals surface area contributed by atoms with E-state index in [-0.39, 0.29) is 36.6 Å². The number of benzene rings is 2. The van der Waals surface area contributed by atoms with Crippen molar-refractivity contribution in [1.29, 1.82) is 0 Å². The molecule has 42 heavy (non-hydrogen) atoms. The molecule has 2 aliphatic rings. The normalized spacial score (nSPS) is 23.2. The molecule has 2 N–H and O–H groups in total. The van der Waals surface area contributed by atoms with Gasteiger partial charge in [-0.25, -0.2) is 0 Å². The van der Waals surface area contributed by atoms with Crippen molar-refractivity contribution in [3.05, 3.63) is 70.8 Å². The summed E-state index contributed by atoms with van der Waals surface area (Å²) in [4.78, 5) is 28.4. The summed E-state index contributed by atoms with van der Waals surface area (Å²) in [6.45, 7) is 2.76. The fraction of sp³-hybridized carbons (Fsp3) is 0.533. The first-order valence-electron chi connectivity index (χ1n) is 14.0. The van der Waals surface area contributed by atoms with E-state index in [1.54, 1.807) is 0 Å². The smallest absolute Gasteiger partial charge is 0.372 e. The van der Waals surface area contributed by atoms with E-state index in [0.717, 1.165) is 18.4 Å². The van der Waals surface area contributed by atoms with Crippen LogP contribution in [0.4, 0.5) is 26.3 Å². The van der Waals surface area contributed by atoms with Crippen molar-refractivity contribution < 1.29 is 40.7 Å². The lowest BCUT2D eigenvalue weighted by Gasteiger charge is -2.50. The van der Waals surface area contributed by atoms with Crippen LogP contribution in [0.1, 0.15) is 67.4 Å². The molecule has 0 bridgehead atoms. The second kappa shape index (κ2) is 12.6. The number of nitrogens with two attached hydrogens (primary N) is 1. The molecule has 2 amide bonds. The van der Waals surface area contributed by atoms with Crippen molar-refractivity contribution in [2.45, 2.75) is 63.0 Å². The largest absolute Gasteiger partial charge is 0.416 e. The fourth-order valence-electron chi connectivity index (χ4n) is 5.99. The van der Waals surface area contributed by atoms with Gasteiger partial charge in [-0.1, -0.05) is 30.3 Å². The highest BCUT2D eigenvalue weighted by Crippen LogP contribution is 2.42. The Hall–Kier alpha value is -3.12. The molecule has 2 aliphatic heterocycles. The summed E-state index contributed by atoms with van der Waals surface area (Å²) in [6.07, 6.45) is -7.67. The van der Waals surface area contributed by atoms with E-state index in [1.807, 2.05) is 40.1 Å². The van der Waals surface area contributed by atoms with Crippen molar-refractivity contribution in [3.8, 4) is 0 Å². The second-order valence-corrected chi connectivity index (χ2v) is 11.2. The molecule has 2 aromatic carbocycles. The van der Waals surface area contributed by atoms with Crippen molar-refractivity contribution in [1.82, 2.24) is 9.80 Å². The number of piperidine rings is 2. The zero-order valence-electron chi connectivity index (χ0n) is 23.3. The Labute approximate surface area is 240 Å². The number of hydrogen-bond acceptors (Lipinski definition) is 4. The molecule has 0 aromatic heterocycles. The fourth-order valence-corrected chi connectivity index (χ4v) is 5.99. The summed E-state index contributed by atoms with van der Waals surface area (Å²) in [5.41, 5.74) is 2.40. The van der Waals surface area contributed by atoms with Crippen molar-refractivity contribution in [2.24, 2.45) is 11.7 Å². The number of rotatable bonds is 9. The van der Waals surface area contributed by atoms with E-state index < -0.39 is 41.0 Å². The van der Waals surface area contributed by atoms with E-state index in [2.05, 4.69) is 0 Å². The third-order valence-corrected chi connectivity index (χ3v) is 8.26. The molecule has 2 aromatic rings. The Bertz CT molecular complexity index is 1220. The van der Waals surface area contributed by atoms with Gasteiger partial charge in [0.15, 0.2) is 0 Å². The molecule has 0 unspecified atom stereocenters. The number of hydrogen-bond donors (Lipinski definition) is 1. The maximum Gasteiger partial charge on any atom is 0.416 e. The number of primary amides is 1. The van der Waals surface area contributed by atoms with E-state index in [4.69, 9.17) is 10.5 Å². The van der Waals surface area contributed by atoms with Gasteiger partial charge in [0.2, 0.25) is 11.8 Å². The zero-order chi connectivity index (χ0) is 30.7. The molecule has 230 valence electrons. The number of alkyl halides is 6. The summed E-state index contributed by atoms with van der Waals surface area (Å²) in [7, 11) is 0. The molecule has 12 heteroatoms. The second-order valence-electron chi connectivity index (χ2n) is 11.2. The van der Waals surface area contributed by atoms with Crippen LogP contribution in [0.2, 0.25) is 0 Å². The number of nitrogens with zero attached hydrogens (tertiary/aromatic N) is 2. The van der Waals surface area contributed by atoms with Gasteiger partial charge in [0.1, 0.15) is 0 Å². The third-order valence-electron chi connectivity index (χ3n) is 8.26. The highest BCUT2D eigenvalue weighted by atomic mass is 19.4. The lowest BCUT2D eigenvalue weighted by atomic mass is 9.77. The van der Waals surface area contributed by atoms with E-state index in [1.165, 1.54) is 6.92 Å². The molecule has 0 aliphatic carbocycles. The molecule has 2 heterocycles. The first kappa shape index (κ1) is 31.8. The van der Waals surface area contributed by atoms with Crippen molar-refractivity contribution in [2.75, 3.05) is 32.8 Å². The van der Waals surface area contributed by atoms with Crippen LogP contribution >= 0.6 is 0 Å². The molecular formula is C30H35F6N3O3. The molecule has 3 atom stereocenters. The SMILES string of the molecule is C[C@@H](OC[C@@]1(c2ccccc2)CC[C@H](CN2CCCCC2=O)CN1CC(N)=O)c1cc(C(F)(F)F)cc(C(F)(F)F)c1. The third kappa shape index (κ3) is 7.44. The highest BCUT2D eigenvalue weighted by molar-refractivity contribution is 5.77. The summed E-state index contributed by atoms with van der Waals surface area (Å²) in [6, 6.07) is 10.6. The van der Waals surface area contributed by atoms with Gasteiger partial charge in [0, 0.05) is 26.1 Å². The minimum atomic E-state index is -4.98. The average Bonchev–Trinajstić information content (AvgIpc) is 2.93. The molecule has 0 saturated carbocycles. The van der Waals surface area contributed by atoms with Gasteiger partial charge >= 0.3 is 12.4 Å². The van der Waals surface area contributed by atoms with Crippen LogP contribution < -0.4 is 5.73 Å². The Morgan fingerprint density at radius 3 is 2.26 bits per heavy atom. The molecule has 0 spiro atoms. The Morgan fingerprint density at radius 2 is 1.69 bits per heavy atom. The average molecular weight is 600 g/mol. The molecule has 2 fully saturated rings. The van der Waals surface area contributed by atoms with Crippen LogP contribution in [0.3, 0.4) is 0 Å². The molecule has 6 nitrogen and oxygen atoms in total. The summed E-state index contributed by atoms with van der Waals surface area (Å²) in [5.74, 6) is -0.455. The maximum atomic E-state index is 13.5. The van der Waals surface area contributed by atoms with Gasteiger partial charge < -0.3 is 15.4 Å². The zero-order valence-corrected chi connectivity index (χ0v) is 23.3. The van der Waals surface area contributed by atoms with Crippen LogP contribution in [0.5, 0.6) is 0 Å². The topological polar surface area (TPSA) is 75.9 Å². The molecule has 0 radical (unpaired) electrons. The standard InChI is InChI=1S/C30H35F6N3O3/c1-20(22-13-24(29(31,32)33)15-25(14-22)30(34,35)36)42-19-28(23-7-3-2-4-8-23)11-10-21(17-39(28)18-26(37)40)16-38-12-6-5-9-27(38)41/h2-4,7-8,13-15,20-21H,5-6,9-12,16-19H2,1H3,(H2,37,40)/t20-,21-,28-/m1/s1. The number of carbonyl (C=O) groups excluding carboxylic acids is 2. The van der Waals surface area contributed by atoms with Crippen LogP contribution in [0, 0.1) is 5.92 Å². The van der Waals surface area contributed by atoms with Gasteiger partial charge in [-0.15, -0.1) is 0 Å². The van der Waals surface area contributed by atoms with Gasteiger partial charge in [0.25, 0.3) is 0 Å². The van der Waals surface area contributed by atoms with Gasteiger partial charge in [-0.05, 0) is 67.9 Å². The van der Waals surface area contributed by atoms with E-state index in [9.17, 15) is 35.9 Å². The lowest BCUT2D eigenvalue weighted by Crippen LogP contribution is -2.58. The number of halogens is 6. The molecular weight excluding hydrogens is 564 g/mol. The highest BCUT2D eigenvalue weighted by Gasteiger charge is 2.45. The first-order valence-corrected chi connectivity index (χ1v) is 14.0. The van der Waals surface area contributed by atoms with E-state index in [0.29, 0.717) is 51.0 Å². The predicted molar refractivity (Wildman–Crippen MR) is 143 cm³/mol.